The van der Waals surface area contributed by atoms with Crippen LogP contribution in [0.25, 0.3) is 17.2 Å². The zero-order valence-corrected chi connectivity index (χ0v) is 21.0. The van der Waals surface area contributed by atoms with Crippen molar-refractivity contribution in [1.29, 1.82) is 0 Å². The molecule has 3 aromatic rings. The number of ether oxygens (including phenoxy) is 2. The molecule has 1 aliphatic heterocycles. The summed E-state index contributed by atoms with van der Waals surface area (Å²) in [6, 6.07) is 10.6. The highest BCUT2D eigenvalue weighted by atomic mass is 19.4. The lowest BCUT2D eigenvalue weighted by molar-refractivity contribution is -0.137. The Bertz CT molecular complexity index is 1340. The van der Waals surface area contributed by atoms with Gasteiger partial charge in [-0.25, -0.2) is 9.78 Å². The second kappa shape index (κ2) is 11.1. The lowest BCUT2D eigenvalue weighted by atomic mass is 10.0. The Balaban J connectivity index is 1.76. The van der Waals surface area contributed by atoms with Crippen molar-refractivity contribution >= 4 is 29.5 Å². The molecule has 2 aromatic carbocycles. The van der Waals surface area contributed by atoms with E-state index in [4.69, 9.17) is 19.6 Å². The number of nitrogens with zero attached hydrogens (tertiary/aromatic N) is 3. The third-order valence-corrected chi connectivity index (χ3v) is 5.83. The van der Waals surface area contributed by atoms with Crippen LogP contribution in [0.3, 0.4) is 0 Å². The predicted molar refractivity (Wildman–Crippen MR) is 138 cm³/mol. The van der Waals surface area contributed by atoms with Gasteiger partial charge in [0, 0.05) is 42.7 Å². The molecule has 0 amide bonds. The summed E-state index contributed by atoms with van der Waals surface area (Å²) >= 11 is 0. The van der Waals surface area contributed by atoms with Gasteiger partial charge in [-0.3, -0.25) is 0 Å². The van der Waals surface area contributed by atoms with Crippen molar-refractivity contribution in [3.05, 3.63) is 65.9 Å². The molecular formula is C27H27F3N4O4. The quantitative estimate of drug-likeness (QED) is 0.381. The van der Waals surface area contributed by atoms with Gasteiger partial charge in [0.05, 0.1) is 24.9 Å². The van der Waals surface area contributed by atoms with E-state index in [0.29, 0.717) is 30.0 Å². The van der Waals surface area contributed by atoms with Crippen LogP contribution in [0.5, 0.6) is 5.75 Å². The molecule has 0 radical (unpaired) electrons. The van der Waals surface area contributed by atoms with E-state index < -0.39 is 17.7 Å². The number of rotatable bonds is 7. The molecule has 11 heteroatoms. The van der Waals surface area contributed by atoms with Gasteiger partial charge in [0.1, 0.15) is 11.6 Å². The number of aliphatic carboxylic acids is 1. The second-order valence-corrected chi connectivity index (χ2v) is 8.96. The van der Waals surface area contributed by atoms with Crippen LogP contribution in [0.2, 0.25) is 0 Å². The Morgan fingerprint density at radius 2 is 1.92 bits per heavy atom. The number of alkyl halides is 3. The topological polar surface area (TPSA) is 96.8 Å². The van der Waals surface area contributed by atoms with E-state index >= 15 is 0 Å². The standard InChI is InChI=1S/C27H27F3N4O4/c1-16-14-34(15-17(2)38-16)25-23(19-6-4-5-18(9-19)7-8-24(35)36)13-31-26(33-25)32-21-10-20(27(28,29)30)11-22(12-21)37-3/h4-13,16-17H,14-15H2,1-3H3,(H,35,36)(H,31,32,33). The zero-order chi connectivity index (χ0) is 27.4. The average molecular weight is 529 g/mol. The third kappa shape index (κ3) is 6.60. The first kappa shape index (κ1) is 26.9. The number of carboxylic acids is 1. The fourth-order valence-corrected chi connectivity index (χ4v) is 4.29. The number of morpholine rings is 1. The summed E-state index contributed by atoms with van der Waals surface area (Å²) in [5, 5.41) is 11.8. The van der Waals surface area contributed by atoms with Crippen LogP contribution in [-0.2, 0) is 15.7 Å². The number of hydrogen-bond acceptors (Lipinski definition) is 7. The molecule has 0 spiro atoms. The number of carbonyl (C=O) groups is 1. The van der Waals surface area contributed by atoms with Gasteiger partial charge in [0.25, 0.3) is 0 Å². The Kier molecular flexibility index (Phi) is 7.86. The molecule has 0 aliphatic carbocycles. The molecule has 1 aromatic heterocycles. The van der Waals surface area contributed by atoms with E-state index in [1.807, 2.05) is 30.9 Å². The van der Waals surface area contributed by atoms with Gasteiger partial charge in [-0.15, -0.1) is 0 Å². The molecule has 1 aliphatic rings. The Labute approximate surface area is 217 Å². The van der Waals surface area contributed by atoms with Crippen LogP contribution in [0.1, 0.15) is 25.0 Å². The van der Waals surface area contributed by atoms with Crippen LogP contribution < -0.4 is 15.0 Å². The van der Waals surface area contributed by atoms with Crippen molar-refractivity contribution in [3.63, 3.8) is 0 Å². The van der Waals surface area contributed by atoms with Gasteiger partial charge in [0.15, 0.2) is 0 Å². The van der Waals surface area contributed by atoms with Gasteiger partial charge in [-0.2, -0.15) is 18.2 Å². The fraction of sp³-hybridized carbons (Fsp3) is 0.296. The van der Waals surface area contributed by atoms with Crippen LogP contribution >= 0.6 is 0 Å². The molecule has 2 unspecified atom stereocenters. The summed E-state index contributed by atoms with van der Waals surface area (Å²) in [6.45, 7) is 5.00. The minimum Gasteiger partial charge on any atom is -0.497 e. The SMILES string of the molecule is COc1cc(Nc2ncc(-c3cccc(C=CC(=O)O)c3)c(N3CC(C)OC(C)C3)n2)cc(C(F)(F)F)c1. The van der Waals surface area contributed by atoms with Gasteiger partial charge >= 0.3 is 12.1 Å². The highest BCUT2D eigenvalue weighted by Crippen LogP contribution is 2.36. The van der Waals surface area contributed by atoms with E-state index in [2.05, 4.69) is 10.3 Å². The Morgan fingerprint density at radius 1 is 1.18 bits per heavy atom. The number of anilines is 3. The van der Waals surface area contributed by atoms with Crippen molar-refractivity contribution in [2.45, 2.75) is 32.2 Å². The first-order valence-corrected chi connectivity index (χ1v) is 11.8. The maximum atomic E-state index is 13.4. The Hall–Kier alpha value is -4.12. The summed E-state index contributed by atoms with van der Waals surface area (Å²) in [5.41, 5.74) is 1.38. The smallest absolute Gasteiger partial charge is 0.416 e. The fourth-order valence-electron chi connectivity index (χ4n) is 4.29. The van der Waals surface area contributed by atoms with Crippen LogP contribution in [-0.4, -0.2) is 53.5 Å². The number of hydrogen-bond donors (Lipinski definition) is 2. The number of halogens is 3. The number of aromatic nitrogens is 2. The molecule has 38 heavy (non-hydrogen) atoms. The number of carboxylic acid groups (broad SMARTS) is 1. The lowest BCUT2D eigenvalue weighted by Gasteiger charge is -2.37. The summed E-state index contributed by atoms with van der Waals surface area (Å²) in [6.07, 6.45) is -0.562. The second-order valence-electron chi connectivity index (χ2n) is 8.96. The van der Waals surface area contributed by atoms with Crippen molar-refractivity contribution in [2.24, 2.45) is 0 Å². The molecule has 1 fully saturated rings. The van der Waals surface area contributed by atoms with Crippen molar-refractivity contribution < 1.29 is 32.5 Å². The first-order chi connectivity index (χ1) is 18.0. The highest BCUT2D eigenvalue weighted by Gasteiger charge is 2.32. The molecular weight excluding hydrogens is 501 g/mol. The molecule has 0 bridgehead atoms. The van der Waals surface area contributed by atoms with E-state index in [9.17, 15) is 18.0 Å². The molecule has 1 saturated heterocycles. The Morgan fingerprint density at radius 3 is 2.58 bits per heavy atom. The highest BCUT2D eigenvalue weighted by molar-refractivity contribution is 5.86. The van der Waals surface area contributed by atoms with Crippen molar-refractivity contribution in [2.75, 3.05) is 30.4 Å². The minimum absolute atomic E-state index is 0.0428. The molecule has 200 valence electrons. The van der Waals surface area contributed by atoms with E-state index in [1.165, 1.54) is 19.3 Å². The minimum atomic E-state index is -4.55. The number of methoxy groups -OCH3 is 1. The van der Waals surface area contributed by atoms with Crippen molar-refractivity contribution in [1.82, 2.24) is 9.97 Å². The van der Waals surface area contributed by atoms with E-state index in [1.54, 1.807) is 18.3 Å². The summed E-state index contributed by atoms with van der Waals surface area (Å²) in [7, 11) is 1.29. The summed E-state index contributed by atoms with van der Waals surface area (Å²) < 4.78 is 51.1. The summed E-state index contributed by atoms with van der Waals surface area (Å²) in [4.78, 5) is 22.1. The predicted octanol–water partition coefficient (Wildman–Crippen LogP) is 5.63. The maximum Gasteiger partial charge on any atom is 0.416 e. The van der Waals surface area contributed by atoms with Gasteiger partial charge < -0.3 is 24.8 Å². The molecule has 2 N–H and O–H groups in total. The van der Waals surface area contributed by atoms with Gasteiger partial charge in [0.2, 0.25) is 5.95 Å². The van der Waals surface area contributed by atoms with Crippen LogP contribution in [0, 0.1) is 0 Å². The summed E-state index contributed by atoms with van der Waals surface area (Å²) in [5.74, 6) is -0.333. The molecule has 2 heterocycles. The molecule has 0 saturated carbocycles. The normalized spacial score (nSPS) is 18.0. The molecule has 2 atom stereocenters. The maximum absolute atomic E-state index is 13.4. The van der Waals surface area contributed by atoms with E-state index in [-0.39, 0.29) is 29.6 Å². The zero-order valence-electron chi connectivity index (χ0n) is 21.0. The van der Waals surface area contributed by atoms with Gasteiger partial charge in [-0.1, -0.05) is 18.2 Å². The largest absolute Gasteiger partial charge is 0.497 e. The number of benzene rings is 2. The van der Waals surface area contributed by atoms with Crippen LogP contribution in [0.15, 0.2) is 54.7 Å². The van der Waals surface area contributed by atoms with Gasteiger partial charge in [-0.05, 0) is 49.2 Å². The number of nitrogens with one attached hydrogen (secondary N) is 1. The van der Waals surface area contributed by atoms with Crippen LogP contribution in [0.4, 0.5) is 30.6 Å². The average Bonchev–Trinajstić information content (AvgIpc) is 2.86. The third-order valence-electron chi connectivity index (χ3n) is 5.83. The monoisotopic (exact) mass is 528 g/mol. The molecule has 8 nitrogen and oxygen atoms in total. The lowest BCUT2D eigenvalue weighted by Crippen LogP contribution is -2.46. The van der Waals surface area contributed by atoms with Crippen molar-refractivity contribution in [3.8, 4) is 16.9 Å². The first-order valence-electron chi connectivity index (χ1n) is 11.8. The molecule has 4 rings (SSSR count). The van der Waals surface area contributed by atoms with E-state index in [0.717, 1.165) is 23.8 Å².